The largest absolute Gasteiger partial charge is 0.348 e. The van der Waals surface area contributed by atoms with Crippen molar-refractivity contribution in [2.45, 2.75) is 13.1 Å². The Balaban J connectivity index is 1.63. The Labute approximate surface area is 124 Å². The molecule has 0 unspecified atom stereocenters. The van der Waals surface area contributed by atoms with Crippen LogP contribution in [0.5, 0.6) is 0 Å². The van der Waals surface area contributed by atoms with Crippen LogP contribution in [0.25, 0.3) is 10.2 Å². The number of fused-ring (bicyclic) bond motifs is 1. The van der Waals surface area contributed by atoms with Gasteiger partial charge in [0, 0.05) is 12.3 Å². The zero-order chi connectivity index (χ0) is 14.7. The maximum Gasteiger partial charge on any atom is 0.250 e. The molecule has 0 aliphatic rings. The van der Waals surface area contributed by atoms with Gasteiger partial charge in [-0.25, -0.2) is 4.98 Å². The number of hydrogen-bond acceptors (Lipinski definition) is 4. The van der Waals surface area contributed by atoms with E-state index in [-0.39, 0.29) is 18.0 Å². The van der Waals surface area contributed by atoms with E-state index in [9.17, 15) is 9.59 Å². The molecule has 106 valence electrons. The molecule has 0 spiro atoms. The van der Waals surface area contributed by atoms with Crippen molar-refractivity contribution in [2.24, 2.45) is 0 Å². The smallest absolute Gasteiger partial charge is 0.250 e. The lowest BCUT2D eigenvalue weighted by Gasteiger charge is -2.05. The summed E-state index contributed by atoms with van der Waals surface area (Å²) in [5.41, 5.74) is 0.749. The van der Waals surface area contributed by atoms with Gasteiger partial charge in [0.25, 0.3) is 5.56 Å². The minimum absolute atomic E-state index is 0.0184. The number of para-hydroxylation sites is 1. The second-order valence-electron chi connectivity index (χ2n) is 4.52. The molecule has 0 saturated heterocycles. The highest BCUT2D eigenvalue weighted by molar-refractivity contribution is 7.18. The van der Waals surface area contributed by atoms with Gasteiger partial charge in [-0.1, -0.05) is 18.2 Å². The molecule has 3 rings (SSSR count). The second-order valence-corrected chi connectivity index (χ2v) is 5.63. The first-order valence-electron chi connectivity index (χ1n) is 6.49. The number of thiazole rings is 1. The van der Waals surface area contributed by atoms with Crippen molar-refractivity contribution >= 4 is 27.5 Å². The Bertz CT molecular complexity index is 805. The molecule has 0 saturated carbocycles. The molecule has 0 radical (unpaired) electrons. The predicted molar refractivity (Wildman–Crippen MR) is 82.2 cm³/mol. The minimum Gasteiger partial charge on any atom is -0.348 e. The summed E-state index contributed by atoms with van der Waals surface area (Å²) in [6, 6.07) is 12.7. The van der Waals surface area contributed by atoms with Crippen LogP contribution in [0.4, 0.5) is 0 Å². The van der Waals surface area contributed by atoms with E-state index in [4.69, 9.17) is 0 Å². The third-order valence-corrected chi connectivity index (χ3v) is 4.02. The van der Waals surface area contributed by atoms with Crippen LogP contribution in [0.3, 0.4) is 0 Å². The number of aromatic nitrogens is 2. The lowest BCUT2D eigenvalue weighted by molar-refractivity contribution is -0.121. The maximum absolute atomic E-state index is 11.9. The van der Waals surface area contributed by atoms with Crippen LogP contribution in [-0.4, -0.2) is 15.5 Å². The topological polar surface area (TPSA) is 64.0 Å². The highest BCUT2D eigenvalue weighted by Crippen LogP contribution is 2.21. The Morgan fingerprint density at radius 3 is 2.81 bits per heavy atom. The maximum atomic E-state index is 11.9. The number of hydrogen-bond donors (Lipinski definition) is 1. The van der Waals surface area contributed by atoms with Gasteiger partial charge in [-0.05, 0) is 18.2 Å². The normalized spacial score (nSPS) is 10.7. The minimum atomic E-state index is -0.206. The van der Waals surface area contributed by atoms with E-state index in [1.165, 1.54) is 10.6 Å². The molecule has 2 aromatic heterocycles. The Kier molecular flexibility index (Phi) is 3.79. The van der Waals surface area contributed by atoms with Gasteiger partial charge in [-0.2, -0.15) is 0 Å². The van der Waals surface area contributed by atoms with E-state index < -0.39 is 0 Å². The van der Waals surface area contributed by atoms with Crippen LogP contribution < -0.4 is 10.9 Å². The van der Waals surface area contributed by atoms with E-state index in [0.29, 0.717) is 6.54 Å². The molecule has 0 aliphatic carbocycles. The molecule has 2 heterocycles. The van der Waals surface area contributed by atoms with Gasteiger partial charge in [0.15, 0.2) is 0 Å². The molecule has 21 heavy (non-hydrogen) atoms. The summed E-state index contributed by atoms with van der Waals surface area (Å²) in [5.74, 6) is -0.206. The van der Waals surface area contributed by atoms with Gasteiger partial charge in [0.05, 0.1) is 16.8 Å². The van der Waals surface area contributed by atoms with E-state index in [1.807, 2.05) is 24.3 Å². The summed E-state index contributed by atoms with van der Waals surface area (Å²) in [6.45, 7) is 0.393. The van der Waals surface area contributed by atoms with Gasteiger partial charge >= 0.3 is 0 Å². The van der Waals surface area contributed by atoms with E-state index in [2.05, 4.69) is 10.3 Å². The molecule has 0 bridgehead atoms. The lowest BCUT2D eigenvalue weighted by Crippen LogP contribution is -2.31. The van der Waals surface area contributed by atoms with Crippen molar-refractivity contribution in [1.82, 2.24) is 14.9 Å². The van der Waals surface area contributed by atoms with Gasteiger partial charge in [-0.15, -0.1) is 11.3 Å². The quantitative estimate of drug-likeness (QED) is 0.798. The number of benzene rings is 1. The number of nitrogens with one attached hydrogen (secondary N) is 1. The fraction of sp³-hybridized carbons (Fsp3) is 0.133. The molecule has 0 aliphatic heterocycles. The highest BCUT2D eigenvalue weighted by atomic mass is 32.1. The molecule has 6 heteroatoms. The summed E-state index contributed by atoms with van der Waals surface area (Å²) < 4.78 is 2.47. The standard InChI is InChI=1S/C15H13N3O2S/c19-13(10-18-8-4-3-7-15(18)20)16-9-14-17-11-5-1-2-6-12(11)21-14/h1-8H,9-10H2,(H,16,19). The first-order chi connectivity index (χ1) is 10.2. The lowest BCUT2D eigenvalue weighted by atomic mass is 10.3. The van der Waals surface area contributed by atoms with Crippen molar-refractivity contribution in [2.75, 3.05) is 0 Å². The monoisotopic (exact) mass is 299 g/mol. The molecule has 1 N–H and O–H groups in total. The first-order valence-corrected chi connectivity index (χ1v) is 7.30. The molecule has 0 atom stereocenters. The van der Waals surface area contributed by atoms with Crippen molar-refractivity contribution in [3.63, 3.8) is 0 Å². The Hall–Kier alpha value is -2.47. The second kappa shape index (κ2) is 5.88. The van der Waals surface area contributed by atoms with Crippen LogP contribution in [-0.2, 0) is 17.9 Å². The average molecular weight is 299 g/mol. The molecule has 1 aromatic carbocycles. The number of nitrogens with zero attached hydrogens (tertiary/aromatic N) is 2. The zero-order valence-corrected chi connectivity index (χ0v) is 12.0. The van der Waals surface area contributed by atoms with Gasteiger partial charge in [-0.3, -0.25) is 9.59 Å². The van der Waals surface area contributed by atoms with Crippen molar-refractivity contribution < 1.29 is 4.79 Å². The summed E-state index contributed by atoms with van der Waals surface area (Å²) in [5, 5.41) is 3.64. The van der Waals surface area contributed by atoms with Crippen LogP contribution in [0, 0.1) is 0 Å². The number of carbonyl (C=O) groups excluding carboxylic acids is 1. The predicted octanol–water partition coefficient (Wildman–Crippen LogP) is 1.77. The molecule has 3 aromatic rings. The van der Waals surface area contributed by atoms with E-state index in [1.54, 1.807) is 29.7 Å². The van der Waals surface area contributed by atoms with Crippen molar-refractivity contribution in [3.8, 4) is 0 Å². The molecule has 1 amide bonds. The SMILES string of the molecule is O=C(Cn1ccccc1=O)NCc1nc2ccccc2s1. The Morgan fingerprint density at radius 1 is 1.19 bits per heavy atom. The summed E-state index contributed by atoms with van der Waals surface area (Å²) in [4.78, 5) is 27.8. The van der Waals surface area contributed by atoms with Gasteiger partial charge < -0.3 is 9.88 Å². The van der Waals surface area contributed by atoms with Crippen molar-refractivity contribution in [3.05, 3.63) is 64.0 Å². The number of amides is 1. The summed E-state index contributed by atoms with van der Waals surface area (Å²) in [6.07, 6.45) is 1.60. The summed E-state index contributed by atoms with van der Waals surface area (Å²) in [7, 11) is 0. The van der Waals surface area contributed by atoms with Crippen LogP contribution in [0.15, 0.2) is 53.5 Å². The van der Waals surface area contributed by atoms with Crippen LogP contribution in [0.1, 0.15) is 5.01 Å². The molecular formula is C15H13N3O2S. The van der Waals surface area contributed by atoms with E-state index >= 15 is 0 Å². The number of rotatable bonds is 4. The van der Waals surface area contributed by atoms with Gasteiger partial charge in [0.2, 0.25) is 5.91 Å². The third kappa shape index (κ3) is 3.17. The molecular weight excluding hydrogens is 286 g/mol. The first kappa shape index (κ1) is 13.5. The Morgan fingerprint density at radius 2 is 2.00 bits per heavy atom. The highest BCUT2D eigenvalue weighted by Gasteiger charge is 2.06. The molecule has 0 fully saturated rings. The van der Waals surface area contributed by atoms with Crippen LogP contribution >= 0.6 is 11.3 Å². The fourth-order valence-corrected chi connectivity index (χ4v) is 2.88. The van der Waals surface area contributed by atoms with Gasteiger partial charge in [0.1, 0.15) is 11.6 Å². The van der Waals surface area contributed by atoms with Crippen LogP contribution in [0.2, 0.25) is 0 Å². The van der Waals surface area contributed by atoms with E-state index in [0.717, 1.165) is 15.2 Å². The molecule has 5 nitrogen and oxygen atoms in total. The zero-order valence-electron chi connectivity index (χ0n) is 11.2. The third-order valence-electron chi connectivity index (χ3n) is 2.99. The fourth-order valence-electron chi connectivity index (χ4n) is 1.97. The average Bonchev–Trinajstić information content (AvgIpc) is 2.90. The summed E-state index contributed by atoms with van der Waals surface area (Å²) >= 11 is 1.55. The van der Waals surface area contributed by atoms with Crippen molar-refractivity contribution in [1.29, 1.82) is 0 Å². The number of carbonyl (C=O) groups is 1. The number of pyridine rings is 1.